The number of aryl methyl sites for hydroxylation is 1. The van der Waals surface area contributed by atoms with Crippen LogP contribution in [0.2, 0.25) is 0 Å². The predicted molar refractivity (Wildman–Crippen MR) is 74.7 cm³/mol. The second-order valence-electron chi connectivity index (χ2n) is 5.21. The molecule has 0 radical (unpaired) electrons. The van der Waals surface area contributed by atoms with Gasteiger partial charge in [0.2, 0.25) is 0 Å². The van der Waals surface area contributed by atoms with Crippen molar-refractivity contribution in [2.45, 2.75) is 45.6 Å². The number of hydrogen-bond donors (Lipinski definition) is 0. The van der Waals surface area contributed by atoms with Crippen molar-refractivity contribution in [2.75, 3.05) is 12.0 Å². The second kappa shape index (κ2) is 5.39. The minimum atomic E-state index is -0.743. The molecule has 0 N–H and O–H groups in total. The lowest BCUT2D eigenvalue weighted by Gasteiger charge is -2.21. The van der Waals surface area contributed by atoms with E-state index in [2.05, 4.69) is 18.4 Å². The largest absolute Gasteiger partial charge is 0.345 e. The van der Waals surface area contributed by atoms with Crippen LogP contribution in [-0.2, 0) is 17.2 Å². The SMILES string of the molecule is Cc1cc2c(n1C(C)CCS(C)=O)CCCC2=O. The lowest BCUT2D eigenvalue weighted by Crippen LogP contribution is -2.17. The van der Waals surface area contributed by atoms with Crippen LogP contribution >= 0.6 is 0 Å². The molecule has 0 spiro atoms. The summed E-state index contributed by atoms with van der Waals surface area (Å²) in [6, 6.07) is 2.35. The van der Waals surface area contributed by atoms with Gasteiger partial charge >= 0.3 is 0 Å². The van der Waals surface area contributed by atoms with Crippen LogP contribution in [0.25, 0.3) is 0 Å². The van der Waals surface area contributed by atoms with Crippen LogP contribution < -0.4 is 0 Å². The van der Waals surface area contributed by atoms with E-state index in [1.54, 1.807) is 6.26 Å². The molecule has 0 fully saturated rings. The van der Waals surface area contributed by atoms with E-state index in [0.29, 0.717) is 12.5 Å². The molecule has 0 aromatic carbocycles. The maximum Gasteiger partial charge on any atom is 0.164 e. The molecule has 0 bridgehead atoms. The van der Waals surface area contributed by atoms with Gasteiger partial charge in [0.25, 0.3) is 0 Å². The fraction of sp³-hybridized carbons (Fsp3) is 0.643. The maximum atomic E-state index is 11.9. The molecule has 0 saturated carbocycles. The molecule has 0 amide bonds. The highest BCUT2D eigenvalue weighted by molar-refractivity contribution is 7.84. The molecule has 3 nitrogen and oxygen atoms in total. The average Bonchev–Trinajstić information content (AvgIpc) is 2.64. The Morgan fingerprint density at radius 2 is 2.17 bits per heavy atom. The van der Waals surface area contributed by atoms with Crippen LogP contribution in [0.4, 0.5) is 0 Å². The normalized spacial score (nSPS) is 18.5. The number of rotatable bonds is 4. The summed E-state index contributed by atoms with van der Waals surface area (Å²) in [6.07, 6.45) is 5.29. The highest BCUT2D eigenvalue weighted by Gasteiger charge is 2.24. The van der Waals surface area contributed by atoms with Crippen LogP contribution in [0.15, 0.2) is 6.07 Å². The summed E-state index contributed by atoms with van der Waals surface area (Å²) in [5.41, 5.74) is 3.27. The van der Waals surface area contributed by atoms with Gasteiger partial charge in [-0.15, -0.1) is 0 Å². The first-order valence-corrected chi connectivity index (χ1v) is 8.27. The first-order valence-electron chi connectivity index (χ1n) is 6.54. The number of fused-ring (bicyclic) bond motifs is 1. The summed E-state index contributed by atoms with van der Waals surface area (Å²) in [5, 5.41) is 0. The van der Waals surface area contributed by atoms with E-state index in [1.165, 1.54) is 5.69 Å². The van der Waals surface area contributed by atoms with Gasteiger partial charge in [0.15, 0.2) is 5.78 Å². The first kappa shape index (κ1) is 13.5. The van der Waals surface area contributed by atoms with E-state index in [0.717, 1.165) is 36.3 Å². The van der Waals surface area contributed by atoms with Gasteiger partial charge in [-0.25, -0.2) is 0 Å². The molecule has 2 atom stereocenters. The van der Waals surface area contributed by atoms with Crippen molar-refractivity contribution >= 4 is 16.6 Å². The van der Waals surface area contributed by atoms with Crippen LogP contribution in [0.3, 0.4) is 0 Å². The van der Waals surface area contributed by atoms with Crippen LogP contribution in [0.1, 0.15) is 54.0 Å². The van der Waals surface area contributed by atoms with Gasteiger partial charge in [0.05, 0.1) is 0 Å². The zero-order valence-electron chi connectivity index (χ0n) is 11.4. The molecular formula is C14H21NO2S. The molecule has 1 aliphatic rings. The summed E-state index contributed by atoms with van der Waals surface area (Å²) in [5.74, 6) is 1.01. The van der Waals surface area contributed by atoms with Gasteiger partial charge in [-0.3, -0.25) is 9.00 Å². The molecule has 0 aliphatic heterocycles. The average molecular weight is 267 g/mol. The van der Waals surface area contributed by atoms with Crippen LogP contribution in [0, 0.1) is 6.92 Å². The van der Waals surface area contributed by atoms with E-state index >= 15 is 0 Å². The lowest BCUT2D eigenvalue weighted by molar-refractivity contribution is 0.0971. The van der Waals surface area contributed by atoms with Gasteiger partial charge in [0.1, 0.15) is 0 Å². The Labute approximate surface area is 111 Å². The number of carbonyl (C=O) groups is 1. The Bertz CT molecular complexity index is 490. The van der Waals surface area contributed by atoms with Crippen molar-refractivity contribution in [2.24, 2.45) is 0 Å². The second-order valence-corrected chi connectivity index (χ2v) is 6.76. The van der Waals surface area contributed by atoms with Crippen molar-refractivity contribution in [3.8, 4) is 0 Å². The first-order chi connectivity index (χ1) is 8.50. The Kier molecular flexibility index (Phi) is 4.05. The molecular weight excluding hydrogens is 246 g/mol. The molecule has 1 aromatic rings. The highest BCUT2D eigenvalue weighted by atomic mass is 32.2. The van der Waals surface area contributed by atoms with Crippen molar-refractivity contribution in [3.63, 3.8) is 0 Å². The third kappa shape index (κ3) is 2.58. The summed E-state index contributed by atoms with van der Waals surface area (Å²) in [7, 11) is -0.743. The summed E-state index contributed by atoms with van der Waals surface area (Å²) < 4.78 is 13.5. The lowest BCUT2D eigenvalue weighted by atomic mass is 9.96. The fourth-order valence-electron chi connectivity index (χ4n) is 2.83. The highest BCUT2D eigenvalue weighted by Crippen LogP contribution is 2.29. The number of carbonyl (C=O) groups excluding carboxylic acids is 1. The molecule has 100 valence electrons. The Morgan fingerprint density at radius 1 is 1.44 bits per heavy atom. The smallest absolute Gasteiger partial charge is 0.164 e. The van der Waals surface area contributed by atoms with Crippen molar-refractivity contribution < 1.29 is 9.00 Å². The zero-order valence-corrected chi connectivity index (χ0v) is 12.2. The summed E-state index contributed by atoms with van der Waals surface area (Å²) in [4.78, 5) is 11.9. The Hall–Kier alpha value is -0.900. The van der Waals surface area contributed by atoms with E-state index in [4.69, 9.17) is 0 Å². The van der Waals surface area contributed by atoms with Gasteiger partial charge in [-0.1, -0.05) is 0 Å². The molecule has 2 unspecified atom stereocenters. The number of hydrogen-bond acceptors (Lipinski definition) is 2. The number of nitrogens with zero attached hydrogens (tertiary/aromatic N) is 1. The summed E-state index contributed by atoms with van der Waals surface area (Å²) >= 11 is 0. The molecule has 0 saturated heterocycles. The molecule has 2 rings (SSSR count). The molecule has 18 heavy (non-hydrogen) atoms. The van der Waals surface area contributed by atoms with E-state index in [-0.39, 0.29) is 5.78 Å². The number of Topliss-reactive ketones (excluding diaryl/α,β-unsaturated/α-hetero) is 1. The molecule has 1 heterocycles. The van der Waals surface area contributed by atoms with Gasteiger partial charge in [-0.05, 0) is 39.2 Å². The minimum Gasteiger partial charge on any atom is -0.345 e. The van der Waals surface area contributed by atoms with E-state index in [9.17, 15) is 9.00 Å². The van der Waals surface area contributed by atoms with Crippen molar-refractivity contribution in [1.82, 2.24) is 4.57 Å². The summed E-state index contributed by atoms with van der Waals surface area (Å²) in [6.45, 7) is 4.21. The van der Waals surface area contributed by atoms with Crippen LogP contribution in [-0.4, -0.2) is 26.6 Å². The Balaban J connectivity index is 2.27. The zero-order chi connectivity index (χ0) is 13.3. The maximum absolute atomic E-state index is 11.9. The Morgan fingerprint density at radius 3 is 2.83 bits per heavy atom. The standard InChI is InChI=1S/C14H21NO2S/c1-10(7-8-18(3)17)15-11(2)9-12-13(15)5-4-6-14(12)16/h9-10H,4-8H2,1-3H3. The van der Waals surface area contributed by atoms with Gasteiger partial charge in [0, 0.05) is 52.2 Å². The van der Waals surface area contributed by atoms with Crippen molar-refractivity contribution in [3.05, 3.63) is 23.0 Å². The van der Waals surface area contributed by atoms with Gasteiger partial charge < -0.3 is 4.57 Å². The fourth-order valence-corrected chi connectivity index (χ4v) is 3.50. The van der Waals surface area contributed by atoms with E-state index < -0.39 is 10.8 Å². The molecule has 1 aliphatic carbocycles. The van der Waals surface area contributed by atoms with Crippen LogP contribution in [0.5, 0.6) is 0 Å². The molecule has 4 heteroatoms. The van der Waals surface area contributed by atoms with Gasteiger partial charge in [-0.2, -0.15) is 0 Å². The third-order valence-corrected chi connectivity index (χ3v) is 4.53. The predicted octanol–water partition coefficient (Wildman–Crippen LogP) is 2.65. The third-order valence-electron chi connectivity index (χ3n) is 3.72. The number of aromatic nitrogens is 1. The molecule has 1 aromatic heterocycles. The minimum absolute atomic E-state index is 0.282. The topological polar surface area (TPSA) is 39.1 Å². The number of ketones is 1. The monoisotopic (exact) mass is 267 g/mol. The van der Waals surface area contributed by atoms with E-state index in [1.807, 2.05) is 6.07 Å². The van der Waals surface area contributed by atoms with Crippen molar-refractivity contribution in [1.29, 1.82) is 0 Å². The quantitative estimate of drug-likeness (QED) is 0.841.